The van der Waals surface area contributed by atoms with E-state index in [2.05, 4.69) is 58.5 Å². The highest BCUT2D eigenvalue weighted by molar-refractivity contribution is 9.10. The number of hydrogen-bond donors (Lipinski definition) is 1. The Hall–Kier alpha value is -1.52. The van der Waals surface area contributed by atoms with Crippen molar-refractivity contribution < 1.29 is 9.47 Å². The number of aryl methyl sites for hydroxylation is 1. The first-order chi connectivity index (χ1) is 12.7. The van der Waals surface area contributed by atoms with Crippen molar-refractivity contribution >= 4 is 15.9 Å². The van der Waals surface area contributed by atoms with Crippen molar-refractivity contribution in [3.05, 3.63) is 57.6 Å². The lowest BCUT2D eigenvalue weighted by Gasteiger charge is -2.23. The Kier molecular flexibility index (Phi) is 6.98. The summed E-state index contributed by atoms with van der Waals surface area (Å²) >= 11 is 3.70. The molecule has 0 amide bonds. The van der Waals surface area contributed by atoms with Crippen molar-refractivity contribution in [2.24, 2.45) is 0 Å². The van der Waals surface area contributed by atoms with Gasteiger partial charge in [-0.3, -0.25) is 0 Å². The van der Waals surface area contributed by atoms with E-state index in [9.17, 15) is 0 Å². The van der Waals surface area contributed by atoms with Crippen LogP contribution >= 0.6 is 15.9 Å². The highest BCUT2D eigenvalue weighted by Gasteiger charge is 2.15. The molecule has 0 saturated heterocycles. The Labute approximate surface area is 165 Å². The summed E-state index contributed by atoms with van der Waals surface area (Å²) in [4.78, 5) is 0. The molecule has 0 bridgehead atoms. The van der Waals surface area contributed by atoms with E-state index in [-0.39, 0.29) is 0 Å². The number of ether oxygens (including phenoxy) is 2. The maximum absolute atomic E-state index is 6.01. The van der Waals surface area contributed by atoms with E-state index in [1.54, 1.807) is 7.11 Å². The molecule has 3 rings (SSSR count). The van der Waals surface area contributed by atoms with Crippen LogP contribution < -0.4 is 14.8 Å². The van der Waals surface area contributed by atoms with Crippen molar-refractivity contribution in [2.45, 2.75) is 58.2 Å². The number of halogens is 1. The van der Waals surface area contributed by atoms with E-state index in [1.165, 1.54) is 43.2 Å². The van der Waals surface area contributed by atoms with E-state index in [0.29, 0.717) is 12.6 Å². The van der Waals surface area contributed by atoms with E-state index in [1.807, 2.05) is 6.07 Å². The summed E-state index contributed by atoms with van der Waals surface area (Å²) in [5, 5.41) is 3.69. The monoisotopic (exact) mass is 417 g/mol. The van der Waals surface area contributed by atoms with Gasteiger partial charge in [0.25, 0.3) is 0 Å². The molecule has 0 aromatic heterocycles. The molecule has 0 radical (unpaired) electrons. The van der Waals surface area contributed by atoms with E-state index < -0.39 is 0 Å². The molecule has 26 heavy (non-hydrogen) atoms. The van der Waals surface area contributed by atoms with Gasteiger partial charge >= 0.3 is 0 Å². The molecular weight excluding hydrogens is 390 g/mol. The summed E-state index contributed by atoms with van der Waals surface area (Å²) in [6.07, 6.45) is 6.63. The first-order valence-electron chi connectivity index (χ1n) is 9.44. The molecule has 3 nitrogen and oxygen atoms in total. The molecule has 140 valence electrons. The van der Waals surface area contributed by atoms with E-state index in [4.69, 9.17) is 9.47 Å². The van der Waals surface area contributed by atoms with Gasteiger partial charge in [0, 0.05) is 17.1 Å². The molecule has 0 unspecified atom stereocenters. The summed E-state index contributed by atoms with van der Waals surface area (Å²) in [6, 6.07) is 13.1. The number of hydrogen-bond acceptors (Lipinski definition) is 3. The third-order valence-corrected chi connectivity index (χ3v) is 5.77. The van der Waals surface area contributed by atoms with Gasteiger partial charge in [-0.25, -0.2) is 0 Å². The molecule has 2 aromatic carbocycles. The average molecular weight is 418 g/mol. The van der Waals surface area contributed by atoms with Crippen molar-refractivity contribution in [3.8, 4) is 11.5 Å². The van der Waals surface area contributed by atoms with Crippen LogP contribution in [0.2, 0.25) is 0 Å². The topological polar surface area (TPSA) is 30.5 Å². The summed E-state index contributed by atoms with van der Waals surface area (Å²) in [6.45, 7) is 3.47. The van der Waals surface area contributed by atoms with Crippen LogP contribution in [0.25, 0.3) is 0 Å². The third kappa shape index (κ3) is 5.24. The lowest BCUT2D eigenvalue weighted by molar-refractivity contribution is 0.284. The van der Waals surface area contributed by atoms with Crippen LogP contribution in [0.1, 0.15) is 48.8 Å². The standard InChI is InChI=1S/C22H28BrNO2/c1-16-8-10-17(11-9-16)15-26-22-13-20(23)18(12-21(22)25-2)14-24-19-6-4-3-5-7-19/h8-13,19,24H,3-7,14-15H2,1-2H3. The molecule has 0 spiro atoms. The lowest BCUT2D eigenvalue weighted by Crippen LogP contribution is -2.30. The van der Waals surface area contributed by atoms with Gasteiger partial charge in [-0.15, -0.1) is 0 Å². The van der Waals surface area contributed by atoms with Crippen molar-refractivity contribution in [3.63, 3.8) is 0 Å². The van der Waals surface area contributed by atoms with Crippen LogP contribution in [-0.2, 0) is 13.2 Å². The molecule has 4 heteroatoms. The highest BCUT2D eigenvalue weighted by atomic mass is 79.9. The normalized spacial score (nSPS) is 15.0. The second-order valence-corrected chi connectivity index (χ2v) is 7.94. The Morgan fingerprint density at radius 3 is 2.46 bits per heavy atom. The smallest absolute Gasteiger partial charge is 0.162 e. The van der Waals surface area contributed by atoms with Crippen LogP contribution in [0, 0.1) is 6.92 Å². The summed E-state index contributed by atoms with van der Waals surface area (Å²) in [5.41, 5.74) is 3.61. The zero-order valence-corrected chi connectivity index (χ0v) is 17.3. The number of methoxy groups -OCH3 is 1. The van der Waals surface area contributed by atoms with Gasteiger partial charge in [-0.2, -0.15) is 0 Å². The Morgan fingerprint density at radius 1 is 1.04 bits per heavy atom. The molecule has 1 saturated carbocycles. The van der Waals surface area contributed by atoms with Gasteiger partial charge in [-0.1, -0.05) is 65.0 Å². The zero-order valence-electron chi connectivity index (χ0n) is 15.7. The molecule has 2 aromatic rings. The van der Waals surface area contributed by atoms with Crippen molar-refractivity contribution in [1.29, 1.82) is 0 Å². The predicted molar refractivity (Wildman–Crippen MR) is 110 cm³/mol. The average Bonchev–Trinajstić information content (AvgIpc) is 2.67. The van der Waals surface area contributed by atoms with Crippen LogP contribution in [0.4, 0.5) is 0 Å². The predicted octanol–water partition coefficient (Wildman–Crippen LogP) is 5.77. The van der Waals surface area contributed by atoms with Gasteiger partial charge in [0.1, 0.15) is 6.61 Å². The maximum atomic E-state index is 6.01. The largest absolute Gasteiger partial charge is 0.493 e. The van der Waals surface area contributed by atoms with Crippen LogP contribution in [0.15, 0.2) is 40.9 Å². The van der Waals surface area contributed by atoms with Gasteiger partial charge in [0.15, 0.2) is 11.5 Å². The van der Waals surface area contributed by atoms with Crippen molar-refractivity contribution in [1.82, 2.24) is 5.32 Å². The van der Waals surface area contributed by atoms with Gasteiger partial charge in [0.2, 0.25) is 0 Å². The van der Waals surface area contributed by atoms with Gasteiger partial charge < -0.3 is 14.8 Å². The first-order valence-corrected chi connectivity index (χ1v) is 10.2. The molecule has 0 aliphatic heterocycles. The SMILES string of the molecule is COc1cc(CNC2CCCCC2)c(Br)cc1OCc1ccc(C)cc1. The van der Waals surface area contributed by atoms with Crippen LogP contribution in [0.3, 0.4) is 0 Å². The number of nitrogens with one attached hydrogen (secondary N) is 1. The fourth-order valence-electron chi connectivity index (χ4n) is 3.39. The molecule has 1 fully saturated rings. The highest BCUT2D eigenvalue weighted by Crippen LogP contribution is 2.34. The number of rotatable bonds is 7. The van der Waals surface area contributed by atoms with E-state index in [0.717, 1.165) is 28.1 Å². The van der Waals surface area contributed by atoms with E-state index >= 15 is 0 Å². The number of benzene rings is 2. The summed E-state index contributed by atoms with van der Waals surface area (Å²) < 4.78 is 12.6. The minimum absolute atomic E-state index is 0.531. The van der Waals surface area contributed by atoms with Crippen LogP contribution in [-0.4, -0.2) is 13.2 Å². The summed E-state index contributed by atoms with van der Waals surface area (Å²) in [5.74, 6) is 1.54. The Bertz CT molecular complexity index is 709. The van der Waals surface area contributed by atoms with Crippen molar-refractivity contribution in [2.75, 3.05) is 7.11 Å². The fourth-order valence-corrected chi connectivity index (χ4v) is 3.85. The maximum Gasteiger partial charge on any atom is 0.162 e. The molecule has 0 heterocycles. The first kappa shape index (κ1) is 19.2. The zero-order chi connectivity index (χ0) is 18.4. The molecule has 0 atom stereocenters. The molecule has 1 N–H and O–H groups in total. The minimum Gasteiger partial charge on any atom is -0.493 e. The Balaban J connectivity index is 1.64. The molecular formula is C22H28BrNO2. The minimum atomic E-state index is 0.531. The second-order valence-electron chi connectivity index (χ2n) is 7.08. The van der Waals surface area contributed by atoms with Crippen LogP contribution in [0.5, 0.6) is 11.5 Å². The lowest BCUT2D eigenvalue weighted by atomic mass is 9.95. The summed E-state index contributed by atoms with van der Waals surface area (Å²) in [7, 11) is 1.69. The van der Waals surface area contributed by atoms with Gasteiger partial charge in [0.05, 0.1) is 7.11 Å². The molecule has 1 aliphatic rings. The second kappa shape index (κ2) is 9.43. The Morgan fingerprint density at radius 2 is 1.77 bits per heavy atom. The molecule has 1 aliphatic carbocycles. The third-order valence-electron chi connectivity index (χ3n) is 5.03. The fraction of sp³-hybridized carbons (Fsp3) is 0.455. The van der Waals surface area contributed by atoms with Gasteiger partial charge in [-0.05, 0) is 43.0 Å². The quantitative estimate of drug-likeness (QED) is 0.620.